The van der Waals surface area contributed by atoms with E-state index in [0.29, 0.717) is 5.75 Å². The molecule has 0 saturated carbocycles. The summed E-state index contributed by atoms with van der Waals surface area (Å²) in [5.74, 6) is 0.406. The third-order valence-corrected chi connectivity index (χ3v) is 7.21. The van der Waals surface area contributed by atoms with Gasteiger partial charge in [0.05, 0.1) is 0 Å². The van der Waals surface area contributed by atoms with E-state index in [1.54, 1.807) is 0 Å². The molecule has 172 valence electrons. The molecule has 3 aromatic carbocycles. The lowest BCUT2D eigenvalue weighted by Crippen LogP contribution is -2.02. The molecule has 2 aromatic heterocycles. The Balaban J connectivity index is 1.61. The highest BCUT2D eigenvalue weighted by Crippen LogP contribution is 2.40. The summed E-state index contributed by atoms with van der Waals surface area (Å²) in [6.07, 6.45) is 7.78. The van der Waals surface area contributed by atoms with Gasteiger partial charge in [-0.3, -0.25) is 0 Å². The third kappa shape index (κ3) is 3.43. The van der Waals surface area contributed by atoms with Crippen LogP contribution in [0.1, 0.15) is 60.4 Å². The van der Waals surface area contributed by atoms with Gasteiger partial charge in [0.2, 0.25) is 0 Å². The smallest absolute Gasteiger partial charge is 0.121 e. The van der Waals surface area contributed by atoms with E-state index < -0.39 is 0 Å². The summed E-state index contributed by atoms with van der Waals surface area (Å²) in [7, 11) is 0. The average molecular weight is 453 g/mol. The van der Waals surface area contributed by atoms with E-state index in [-0.39, 0.29) is 0 Å². The van der Waals surface area contributed by atoms with Crippen LogP contribution < -0.4 is 0 Å². The maximum Gasteiger partial charge on any atom is 0.121 e. The van der Waals surface area contributed by atoms with E-state index in [9.17, 15) is 5.11 Å². The van der Waals surface area contributed by atoms with Crippen LogP contribution in [0.5, 0.6) is 5.75 Å². The van der Waals surface area contributed by atoms with Gasteiger partial charge < -0.3 is 5.11 Å². The summed E-state index contributed by atoms with van der Waals surface area (Å²) in [5.41, 5.74) is 12.0. The summed E-state index contributed by atoms with van der Waals surface area (Å²) in [4.78, 5) is 0. The molecule has 5 aromatic rings. The maximum atomic E-state index is 10.8. The van der Waals surface area contributed by atoms with E-state index in [1.165, 1.54) is 27.8 Å². The van der Waals surface area contributed by atoms with Gasteiger partial charge in [-0.1, -0.05) is 31.5 Å². The van der Waals surface area contributed by atoms with Gasteiger partial charge in [0.15, 0.2) is 0 Å². The number of aromatic hydroxyl groups is 1. The number of hydrogen-bond donors (Lipinski definition) is 3. The van der Waals surface area contributed by atoms with E-state index in [2.05, 4.69) is 62.0 Å². The lowest BCUT2D eigenvalue weighted by Gasteiger charge is -2.19. The van der Waals surface area contributed by atoms with Crippen molar-refractivity contribution in [2.24, 2.45) is 0 Å². The minimum atomic E-state index is 0.406. The molecule has 1 aliphatic carbocycles. The lowest BCUT2D eigenvalue weighted by atomic mass is 9.86. The Kier molecular flexibility index (Phi) is 5.24. The van der Waals surface area contributed by atoms with Crippen molar-refractivity contribution in [1.82, 2.24) is 30.8 Å². The Morgan fingerprint density at radius 2 is 1.50 bits per heavy atom. The Morgan fingerprint density at radius 3 is 2.29 bits per heavy atom. The van der Waals surface area contributed by atoms with Crippen LogP contribution in [0.3, 0.4) is 0 Å². The zero-order valence-electron chi connectivity index (χ0n) is 19.4. The predicted octanol–water partition coefficient (Wildman–Crippen LogP) is 5.41. The fraction of sp³-hybridized carbons (Fsp3) is 0.333. The number of phenols is 1. The molecule has 0 unspecified atom stereocenters. The predicted molar refractivity (Wildman–Crippen MR) is 133 cm³/mol. The monoisotopic (exact) mass is 452 g/mol. The quantitative estimate of drug-likeness (QED) is 0.339. The van der Waals surface area contributed by atoms with Crippen LogP contribution >= 0.6 is 0 Å². The molecule has 0 bridgehead atoms. The van der Waals surface area contributed by atoms with E-state index in [1.807, 2.05) is 12.1 Å². The normalized spacial score (nSPS) is 13.9. The van der Waals surface area contributed by atoms with Gasteiger partial charge in [-0.2, -0.15) is 30.8 Å². The zero-order chi connectivity index (χ0) is 23.1. The van der Waals surface area contributed by atoms with E-state index in [0.717, 1.165) is 84.6 Å². The van der Waals surface area contributed by atoms with Gasteiger partial charge in [-0.25, -0.2) is 0 Å². The Hall–Kier alpha value is -3.74. The molecule has 7 nitrogen and oxygen atoms in total. The highest BCUT2D eigenvalue weighted by atomic mass is 16.3. The van der Waals surface area contributed by atoms with Crippen LogP contribution in [0.4, 0.5) is 0 Å². The first kappa shape index (κ1) is 20.8. The molecule has 0 radical (unpaired) electrons. The topological polar surface area (TPSA) is 103 Å². The summed E-state index contributed by atoms with van der Waals surface area (Å²) in [6, 6.07) is 12.4. The summed E-state index contributed by atoms with van der Waals surface area (Å²) < 4.78 is 0. The van der Waals surface area contributed by atoms with Gasteiger partial charge in [0.25, 0.3) is 0 Å². The lowest BCUT2D eigenvalue weighted by molar-refractivity contribution is 0.465. The fourth-order valence-electron chi connectivity index (χ4n) is 5.50. The standard InChI is InChI=1S/C27H28N6O/c1-2-3-6-20-19-8-5-4-7-18-16(9-12-22-26(18)30-32-28-22)15-17-10-13-23-27(31-33-29-23)25(17)21(19)11-14-24(20)34/h9-14,34H,2-8,15H2,1H3,(H,28,30,32)(H,29,31,33). The number of rotatable bonds is 3. The largest absolute Gasteiger partial charge is 0.508 e. The Morgan fingerprint density at radius 1 is 0.794 bits per heavy atom. The first-order valence-corrected chi connectivity index (χ1v) is 12.2. The molecule has 0 fully saturated rings. The summed E-state index contributed by atoms with van der Waals surface area (Å²) >= 11 is 0. The molecule has 2 heterocycles. The molecule has 0 atom stereocenters. The van der Waals surface area contributed by atoms with E-state index >= 15 is 0 Å². The number of benzene rings is 3. The van der Waals surface area contributed by atoms with Gasteiger partial charge in [-0.15, -0.1) is 0 Å². The molecule has 3 N–H and O–H groups in total. The van der Waals surface area contributed by atoms with Crippen molar-refractivity contribution >= 4 is 22.1 Å². The first-order valence-electron chi connectivity index (χ1n) is 12.2. The number of hydrogen-bond acceptors (Lipinski definition) is 5. The number of fused-ring (bicyclic) bond motifs is 8. The molecule has 1 aliphatic rings. The molecule has 7 heteroatoms. The van der Waals surface area contributed by atoms with Crippen molar-refractivity contribution < 1.29 is 5.11 Å². The second-order valence-electron chi connectivity index (χ2n) is 9.26. The number of phenolic OH excluding ortho intramolecular Hbond substituents is 1. The average Bonchev–Trinajstić information content (AvgIpc) is 3.51. The van der Waals surface area contributed by atoms with Crippen molar-refractivity contribution in [1.29, 1.82) is 0 Å². The van der Waals surface area contributed by atoms with E-state index in [4.69, 9.17) is 0 Å². The number of nitrogens with one attached hydrogen (secondary N) is 2. The number of aryl methyl sites for hydroxylation is 1. The van der Waals surface area contributed by atoms with Crippen LogP contribution in [-0.2, 0) is 25.7 Å². The van der Waals surface area contributed by atoms with Crippen LogP contribution in [0.15, 0.2) is 36.4 Å². The molecule has 34 heavy (non-hydrogen) atoms. The SMILES string of the molecule is CCCCc1c(O)ccc2c1CCCCc1c(ccc3n[nH]nc13)Cc1ccc3n[nH]nc3c1-2. The van der Waals surface area contributed by atoms with Gasteiger partial charge >= 0.3 is 0 Å². The van der Waals surface area contributed by atoms with Crippen LogP contribution in [-0.4, -0.2) is 35.9 Å². The number of aromatic amines is 2. The first-order chi connectivity index (χ1) is 16.7. The third-order valence-electron chi connectivity index (χ3n) is 7.21. The van der Waals surface area contributed by atoms with Gasteiger partial charge in [0, 0.05) is 5.56 Å². The molecule has 6 rings (SSSR count). The maximum absolute atomic E-state index is 10.8. The number of aromatic nitrogens is 6. The second-order valence-corrected chi connectivity index (χ2v) is 9.26. The van der Waals surface area contributed by atoms with Crippen LogP contribution in [0.25, 0.3) is 33.2 Å². The van der Waals surface area contributed by atoms with Crippen molar-refractivity contribution in [2.75, 3.05) is 0 Å². The molecule has 0 saturated heterocycles. The minimum absolute atomic E-state index is 0.406. The fourth-order valence-corrected chi connectivity index (χ4v) is 5.50. The van der Waals surface area contributed by atoms with Crippen molar-refractivity contribution in [3.05, 3.63) is 64.2 Å². The molecular formula is C27H28N6O. The zero-order valence-corrected chi connectivity index (χ0v) is 19.4. The number of unbranched alkanes of at least 4 members (excludes halogenated alkanes) is 1. The van der Waals surface area contributed by atoms with Crippen LogP contribution in [0, 0.1) is 0 Å². The Labute approximate surface area is 197 Å². The molecule has 0 amide bonds. The number of H-pyrrole nitrogens is 2. The highest BCUT2D eigenvalue weighted by Gasteiger charge is 2.22. The highest BCUT2D eigenvalue weighted by molar-refractivity contribution is 5.95. The summed E-state index contributed by atoms with van der Waals surface area (Å²) in [6.45, 7) is 2.19. The molecule has 0 spiro atoms. The van der Waals surface area contributed by atoms with Crippen molar-refractivity contribution in [2.45, 2.75) is 58.3 Å². The number of nitrogens with zero attached hydrogens (tertiary/aromatic N) is 4. The van der Waals surface area contributed by atoms with Crippen LogP contribution in [0.2, 0.25) is 0 Å². The molecule has 0 aliphatic heterocycles. The van der Waals surface area contributed by atoms with Crippen molar-refractivity contribution in [3.8, 4) is 16.9 Å². The minimum Gasteiger partial charge on any atom is -0.508 e. The van der Waals surface area contributed by atoms with Crippen molar-refractivity contribution in [3.63, 3.8) is 0 Å². The van der Waals surface area contributed by atoms with Gasteiger partial charge in [-0.05, 0) is 96.5 Å². The van der Waals surface area contributed by atoms with Gasteiger partial charge in [0.1, 0.15) is 27.8 Å². The summed E-state index contributed by atoms with van der Waals surface area (Å²) in [5, 5.41) is 34.2. The molecular weight excluding hydrogens is 424 g/mol. The second kappa shape index (κ2) is 8.56. The Bertz CT molecular complexity index is 1500.